The molecule has 1 aromatic rings. The minimum atomic E-state index is -1.26. The summed E-state index contributed by atoms with van der Waals surface area (Å²) >= 11 is 0. The predicted octanol–water partition coefficient (Wildman–Crippen LogP) is 1.78. The van der Waals surface area contributed by atoms with Crippen LogP contribution in [-0.4, -0.2) is 39.6 Å². The normalized spacial score (nSPS) is 13.4. The number of aliphatic carboxylic acids is 1. The molecule has 2 amide bonds. The number of aryl methyl sites for hydroxylation is 1. The Bertz CT molecular complexity index is 504. The molecule has 1 atom stereocenters. The van der Waals surface area contributed by atoms with Crippen LogP contribution in [0.2, 0.25) is 0 Å². The van der Waals surface area contributed by atoms with Crippen molar-refractivity contribution in [2.75, 3.05) is 7.05 Å². The fourth-order valence-electron chi connectivity index (χ4n) is 1.63. The van der Waals surface area contributed by atoms with Crippen molar-refractivity contribution >= 4 is 12.0 Å². The van der Waals surface area contributed by atoms with Gasteiger partial charge in [0.15, 0.2) is 0 Å². The first-order valence-electron chi connectivity index (χ1n) is 6.47. The Morgan fingerprint density at radius 3 is 2.60 bits per heavy atom. The molecule has 0 bridgehead atoms. The topological polar surface area (TPSA) is 82.5 Å². The molecule has 0 aliphatic carbocycles. The van der Waals surface area contributed by atoms with Crippen LogP contribution in [0.3, 0.4) is 0 Å². The van der Waals surface area contributed by atoms with Crippen LogP contribution in [0.4, 0.5) is 4.79 Å². The lowest BCUT2D eigenvalue weighted by molar-refractivity contribution is -0.143. The number of nitrogens with one attached hydrogen (secondary N) is 1. The van der Waals surface area contributed by atoms with Gasteiger partial charge in [0.2, 0.25) is 0 Å². The molecule has 0 spiro atoms. The summed E-state index contributed by atoms with van der Waals surface area (Å²) in [5, 5.41) is 11.7. The average molecular weight is 279 g/mol. The molecule has 1 unspecified atom stereocenters. The van der Waals surface area contributed by atoms with Crippen molar-refractivity contribution in [3.8, 4) is 0 Å². The molecular weight excluding hydrogens is 258 g/mol. The summed E-state index contributed by atoms with van der Waals surface area (Å²) < 4.78 is 0. The fourth-order valence-corrected chi connectivity index (χ4v) is 1.63. The second-order valence-corrected chi connectivity index (χ2v) is 5.05. The summed E-state index contributed by atoms with van der Waals surface area (Å²) in [6.07, 6.45) is 0.310. The van der Waals surface area contributed by atoms with Gasteiger partial charge in [0.05, 0.1) is 12.2 Å². The first-order valence-corrected chi connectivity index (χ1v) is 6.47. The number of aromatic nitrogens is 1. The van der Waals surface area contributed by atoms with Crippen LogP contribution in [0.25, 0.3) is 0 Å². The number of carboxylic acid groups (broad SMARTS) is 1. The van der Waals surface area contributed by atoms with Crippen LogP contribution in [0.1, 0.15) is 31.7 Å². The van der Waals surface area contributed by atoms with Crippen molar-refractivity contribution in [2.45, 2.75) is 39.3 Å². The number of nitrogens with zero attached hydrogens (tertiary/aromatic N) is 2. The smallest absolute Gasteiger partial charge is 0.329 e. The molecule has 110 valence electrons. The second-order valence-electron chi connectivity index (χ2n) is 5.05. The number of carboxylic acids is 1. The Labute approximate surface area is 118 Å². The zero-order valence-corrected chi connectivity index (χ0v) is 12.3. The third-order valence-corrected chi connectivity index (χ3v) is 3.25. The zero-order chi connectivity index (χ0) is 15.3. The Kier molecular flexibility index (Phi) is 5.07. The van der Waals surface area contributed by atoms with E-state index in [2.05, 4.69) is 10.3 Å². The van der Waals surface area contributed by atoms with E-state index in [0.29, 0.717) is 13.0 Å². The van der Waals surface area contributed by atoms with Crippen molar-refractivity contribution in [2.24, 2.45) is 0 Å². The van der Waals surface area contributed by atoms with E-state index in [9.17, 15) is 9.59 Å². The molecular formula is C14H21N3O3. The Balaban J connectivity index is 2.70. The maximum absolute atomic E-state index is 12.0. The lowest BCUT2D eigenvalue weighted by Gasteiger charge is -2.28. The highest BCUT2D eigenvalue weighted by Crippen LogP contribution is 2.10. The van der Waals surface area contributed by atoms with Crippen LogP contribution in [0.5, 0.6) is 0 Å². The van der Waals surface area contributed by atoms with Gasteiger partial charge in [-0.3, -0.25) is 4.98 Å². The molecule has 20 heavy (non-hydrogen) atoms. The third-order valence-electron chi connectivity index (χ3n) is 3.25. The average Bonchev–Trinajstić information content (AvgIpc) is 2.38. The van der Waals surface area contributed by atoms with Gasteiger partial charge in [-0.25, -0.2) is 9.59 Å². The van der Waals surface area contributed by atoms with Crippen molar-refractivity contribution in [1.29, 1.82) is 0 Å². The first kappa shape index (κ1) is 15.9. The quantitative estimate of drug-likeness (QED) is 0.860. The second kappa shape index (κ2) is 6.36. The number of hydrogen-bond donors (Lipinski definition) is 2. The van der Waals surface area contributed by atoms with E-state index in [-0.39, 0.29) is 0 Å². The molecule has 6 nitrogen and oxygen atoms in total. The van der Waals surface area contributed by atoms with Crippen molar-refractivity contribution in [1.82, 2.24) is 15.2 Å². The maximum atomic E-state index is 12.0. The fraction of sp³-hybridized carbons (Fsp3) is 0.500. The molecule has 0 fully saturated rings. The Hall–Kier alpha value is -2.11. The van der Waals surface area contributed by atoms with Crippen LogP contribution in [0.15, 0.2) is 18.2 Å². The molecule has 1 heterocycles. The summed E-state index contributed by atoms with van der Waals surface area (Å²) in [4.78, 5) is 28.9. The van der Waals surface area contributed by atoms with Crippen molar-refractivity contribution in [3.63, 3.8) is 0 Å². The van der Waals surface area contributed by atoms with Gasteiger partial charge in [-0.2, -0.15) is 0 Å². The van der Waals surface area contributed by atoms with Crippen molar-refractivity contribution in [3.05, 3.63) is 29.6 Å². The highest BCUT2D eigenvalue weighted by molar-refractivity contribution is 5.85. The van der Waals surface area contributed by atoms with Gasteiger partial charge in [-0.05, 0) is 32.4 Å². The summed E-state index contributed by atoms with van der Waals surface area (Å²) in [7, 11) is 1.61. The minimum absolute atomic E-state index is 0.310. The SMILES string of the molecule is CCC(C)(NC(=O)N(C)Cc1cccc(C)n1)C(=O)O. The van der Waals surface area contributed by atoms with E-state index in [1.165, 1.54) is 11.8 Å². The molecule has 6 heteroatoms. The predicted molar refractivity (Wildman–Crippen MR) is 75.3 cm³/mol. The van der Waals surface area contributed by atoms with E-state index in [1.54, 1.807) is 14.0 Å². The largest absolute Gasteiger partial charge is 0.480 e. The minimum Gasteiger partial charge on any atom is -0.480 e. The summed E-state index contributed by atoms with van der Waals surface area (Å²) in [6, 6.07) is 5.14. The zero-order valence-electron chi connectivity index (χ0n) is 12.3. The molecule has 0 aromatic carbocycles. The van der Waals surface area contributed by atoms with E-state index in [4.69, 9.17) is 5.11 Å². The standard InChI is InChI=1S/C14H21N3O3/c1-5-14(3,12(18)19)16-13(20)17(4)9-11-8-6-7-10(2)15-11/h6-8H,5,9H2,1-4H3,(H,16,20)(H,18,19). The molecule has 1 rings (SSSR count). The number of hydrogen-bond acceptors (Lipinski definition) is 3. The van der Waals surface area contributed by atoms with Crippen LogP contribution in [0, 0.1) is 6.92 Å². The van der Waals surface area contributed by atoms with Gasteiger partial charge in [-0.1, -0.05) is 13.0 Å². The monoisotopic (exact) mass is 279 g/mol. The summed E-state index contributed by atoms with van der Waals surface area (Å²) in [5.41, 5.74) is 0.377. The third kappa shape index (κ3) is 3.94. The van der Waals surface area contributed by atoms with Crippen molar-refractivity contribution < 1.29 is 14.7 Å². The summed E-state index contributed by atoms with van der Waals surface area (Å²) in [6.45, 7) is 5.41. The van der Waals surface area contributed by atoms with Crippen LogP contribution < -0.4 is 5.32 Å². The van der Waals surface area contributed by atoms with E-state index < -0.39 is 17.5 Å². The Morgan fingerprint density at radius 1 is 1.45 bits per heavy atom. The highest BCUT2D eigenvalue weighted by atomic mass is 16.4. The van der Waals surface area contributed by atoms with Gasteiger partial charge in [0, 0.05) is 12.7 Å². The van der Waals surface area contributed by atoms with Crippen LogP contribution in [-0.2, 0) is 11.3 Å². The Morgan fingerprint density at radius 2 is 2.10 bits per heavy atom. The van der Waals surface area contributed by atoms with Gasteiger partial charge in [0.1, 0.15) is 5.54 Å². The van der Waals surface area contributed by atoms with Gasteiger partial charge < -0.3 is 15.3 Å². The van der Waals surface area contributed by atoms with E-state index in [0.717, 1.165) is 11.4 Å². The number of pyridine rings is 1. The molecule has 2 N–H and O–H groups in total. The number of urea groups is 1. The maximum Gasteiger partial charge on any atom is 0.329 e. The van der Waals surface area contributed by atoms with Gasteiger partial charge in [-0.15, -0.1) is 0 Å². The number of carbonyl (C=O) groups excluding carboxylic acids is 1. The molecule has 0 saturated heterocycles. The van der Waals surface area contributed by atoms with Gasteiger partial charge in [0.25, 0.3) is 0 Å². The first-order chi connectivity index (χ1) is 9.28. The molecule has 0 aliphatic rings. The number of rotatable bonds is 5. The molecule has 0 aliphatic heterocycles. The van der Waals surface area contributed by atoms with E-state index >= 15 is 0 Å². The van der Waals surface area contributed by atoms with Crippen LogP contribution >= 0.6 is 0 Å². The lowest BCUT2D eigenvalue weighted by Crippen LogP contribution is -2.54. The van der Waals surface area contributed by atoms with Gasteiger partial charge >= 0.3 is 12.0 Å². The number of carbonyl (C=O) groups is 2. The number of amides is 2. The molecule has 1 aromatic heterocycles. The lowest BCUT2D eigenvalue weighted by atomic mass is 10.00. The summed E-state index contributed by atoms with van der Waals surface area (Å²) in [5.74, 6) is -1.05. The highest BCUT2D eigenvalue weighted by Gasteiger charge is 2.33. The van der Waals surface area contributed by atoms with E-state index in [1.807, 2.05) is 25.1 Å². The molecule has 0 radical (unpaired) electrons. The molecule has 0 saturated carbocycles.